The third kappa shape index (κ3) is 0.937. The molecule has 1 amide bonds. The largest absolute Gasteiger partial charge is 0.354 e. The Balaban J connectivity index is 2.51. The van der Waals surface area contributed by atoms with Gasteiger partial charge in [-0.3, -0.25) is 4.79 Å². The van der Waals surface area contributed by atoms with Crippen molar-refractivity contribution >= 4 is 23.3 Å². The summed E-state index contributed by atoms with van der Waals surface area (Å²) in [6, 6.07) is 0. The lowest BCUT2D eigenvalue weighted by Crippen LogP contribution is -2.29. The maximum Gasteiger partial charge on any atom is 0.301 e. The number of nitrogens with one attached hydrogen (secondary N) is 1. The molecule has 0 radical (unpaired) electrons. The molecule has 5 nitrogen and oxygen atoms in total. The number of carbonyl (C=O) groups is 1. The van der Waals surface area contributed by atoms with Crippen LogP contribution >= 0.6 is 11.6 Å². The number of alkyl halides is 1. The molecule has 0 bridgehead atoms. The highest BCUT2D eigenvalue weighted by Crippen LogP contribution is 2.20. The maximum atomic E-state index is 11.0. The summed E-state index contributed by atoms with van der Waals surface area (Å²) in [4.78, 5) is 14.9. The molecule has 0 saturated heterocycles. The average Bonchev–Trinajstić information content (AvgIpc) is 2.31. The van der Waals surface area contributed by atoms with Crippen LogP contribution in [0.1, 0.15) is 6.92 Å². The van der Waals surface area contributed by atoms with E-state index in [0.29, 0.717) is 17.1 Å². The summed E-state index contributed by atoms with van der Waals surface area (Å²) < 4.78 is 0. The van der Waals surface area contributed by atoms with E-state index in [9.17, 15) is 4.79 Å². The molecule has 2 heterocycles. The zero-order valence-electron chi connectivity index (χ0n) is 6.21. The molecule has 6 heteroatoms. The Labute approximate surface area is 73.2 Å². The number of azo groups is 1. The van der Waals surface area contributed by atoms with Gasteiger partial charge in [-0.15, -0.1) is 10.2 Å². The lowest BCUT2D eigenvalue weighted by molar-refractivity contribution is -0.114. The molecule has 2 aliphatic heterocycles. The van der Waals surface area contributed by atoms with Gasteiger partial charge < -0.3 is 5.32 Å². The highest BCUT2D eigenvalue weighted by molar-refractivity contribution is 6.28. The molecule has 0 spiro atoms. The van der Waals surface area contributed by atoms with Crippen LogP contribution in [0.15, 0.2) is 26.5 Å². The molecule has 1 atom stereocenters. The molecule has 0 saturated carbocycles. The fourth-order valence-corrected chi connectivity index (χ4v) is 1.35. The molecule has 62 valence electrons. The third-order valence-corrected chi connectivity index (χ3v) is 1.83. The second kappa shape index (κ2) is 2.38. The number of allylic oxidation sites excluding steroid dienone is 1. The van der Waals surface area contributed by atoms with Crippen molar-refractivity contribution in [1.29, 1.82) is 0 Å². The van der Waals surface area contributed by atoms with E-state index in [1.165, 1.54) is 0 Å². The van der Waals surface area contributed by atoms with Crippen molar-refractivity contribution < 1.29 is 4.79 Å². The van der Waals surface area contributed by atoms with Crippen molar-refractivity contribution in [2.24, 2.45) is 15.2 Å². The number of fused-ring (bicyclic) bond motifs is 1. The molecule has 2 rings (SSSR count). The van der Waals surface area contributed by atoms with Gasteiger partial charge in [-0.25, -0.2) is 4.99 Å². The molecular weight excluding hydrogens is 180 g/mol. The van der Waals surface area contributed by atoms with Gasteiger partial charge in [0.25, 0.3) is 0 Å². The molecule has 12 heavy (non-hydrogen) atoms. The van der Waals surface area contributed by atoms with E-state index in [4.69, 9.17) is 11.6 Å². The standard InChI is InChI=1S/C6H5ClN4O/c1-2-3-4(9-6(7)8-2)10-11-5(3)12/h6,8H,1H3. The minimum absolute atomic E-state index is 0.330. The highest BCUT2D eigenvalue weighted by Gasteiger charge is 2.29. The van der Waals surface area contributed by atoms with Crippen LogP contribution in [0.2, 0.25) is 0 Å². The number of hydrogen-bond donors (Lipinski definition) is 1. The van der Waals surface area contributed by atoms with Gasteiger partial charge in [-0.05, 0) is 6.92 Å². The Bertz CT molecular complexity index is 343. The second-order valence-corrected chi connectivity index (χ2v) is 2.85. The van der Waals surface area contributed by atoms with Gasteiger partial charge >= 0.3 is 5.91 Å². The number of halogens is 1. The van der Waals surface area contributed by atoms with Crippen LogP contribution in [0, 0.1) is 0 Å². The van der Waals surface area contributed by atoms with E-state index in [0.717, 1.165) is 0 Å². The van der Waals surface area contributed by atoms with E-state index < -0.39 is 5.62 Å². The first kappa shape index (κ1) is 7.42. The number of amides is 1. The highest BCUT2D eigenvalue weighted by atomic mass is 35.5. The molecule has 0 aromatic heterocycles. The SMILES string of the molecule is CC1=C2C(=O)N=NC2=NC(Cl)N1. The topological polar surface area (TPSA) is 66.2 Å². The first-order valence-corrected chi connectivity index (χ1v) is 3.78. The van der Waals surface area contributed by atoms with E-state index in [2.05, 4.69) is 20.5 Å². The lowest BCUT2D eigenvalue weighted by atomic mass is 10.2. The number of hydrogen-bond acceptors (Lipinski definition) is 4. The molecule has 0 aliphatic carbocycles. The first-order valence-electron chi connectivity index (χ1n) is 3.34. The van der Waals surface area contributed by atoms with Crippen LogP contribution in [0.4, 0.5) is 0 Å². The quantitative estimate of drug-likeness (QED) is 0.447. The number of nitrogens with zero attached hydrogens (tertiary/aromatic N) is 3. The van der Waals surface area contributed by atoms with Gasteiger partial charge in [0.2, 0.25) is 0 Å². The molecule has 1 N–H and O–H groups in total. The van der Waals surface area contributed by atoms with Gasteiger partial charge in [-0.1, -0.05) is 11.6 Å². The molecule has 0 aromatic rings. The molecule has 0 fully saturated rings. The van der Waals surface area contributed by atoms with Gasteiger partial charge in [0.1, 0.15) is 5.57 Å². The van der Waals surface area contributed by atoms with E-state index in [1.54, 1.807) is 6.92 Å². The van der Waals surface area contributed by atoms with E-state index in [1.807, 2.05) is 0 Å². The third-order valence-electron chi connectivity index (χ3n) is 1.62. The molecular formula is C6H5ClN4O. The summed E-state index contributed by atoms with van der Waals surface area (Å²) in [5.41, 5.74) is 0.551. The van der Waals surface area contributed by atoms with Crippen molar-refractivity contribution in [2.45, 2.75) is 12.5 Å². The van der Waals surface area contributed by atoms with Crippen molar-refractivity contribution in [3.8, 4) is 0 Å². The van der Waals surface area contributed by atoms with Crippen molar-refractivity contribution in [2.75, 3.05) is 0 Å². The van der Waals surface area contributed by atoms with Crippen molar-refractivity contribution in [1.82, 2.24) is 5.32 Å². The van der Waals surface area contributed by atoms with Crippen molar-refractivity contribution in [3.63, 3.8) is 0 Å². The average molecular weight is 185 g/mol. The summed E-state index contributed by atoms with van der Waals surface area (Å²) in [6.45, 7) is 1.74. The summed E-state index contributed by atoms with van der Waals surface area (Å²) in [5.74, 6) is -0.0291. The van der Waals surface area contributed by atoms with Gasteiger partial charge in [0.15, 0.2) is 11.5 Å². The van der Waals surface area contributed by atoms with Crippen molar-refractivity contribution in [3.05, 3.63) is 11.3 Å². The minimum Gasteiger partial charge on any atom is -0.354 e. The first-order chi connectivity index (χ1) is 5.68. The monoisotopic (exact) mass is 184 g/mol. The molecule has 2 aliphatic rings. The predicted octanol–water partition coefficient (Wildman–Crippen LogP) is 0.777. The molecule has 1 unspecified atom stereocenters. The molecule has 0 aromatic carbocycles. The van der Waals surface area contributed by atoms with Crippen LogP contribution in [0.5, 0.6) is 0 Å². The van der Waals surface area contributed by atoms with Crippen LogP contribution in [0.25, 0.3) is 0 Å². The Morgan fingerprint density at radius 2 is 2.25 bits per heavy atom. The number of rotatable bonds is 0. The van der Waals surface area contributed by atoms with E-state index in [-0.39, 0.29) is 5.91 Å². The second-order valence-electron chi connectivity index (χ2n) is 2.44. The summed E-state index contributed by atoms with van der Waals surface area (Å²) in [6.07, 6.45) is 0. The van der Waals surface area contributed by atoms with E-state index >= 15 is 0 Å². The summed E-state index contributed by atoms with van der Waals surface area (Å²) in [7, 11) is 0. The number of carbonyl (C=O) groups excluding carboxylic acids is 1. The van der Waals surface area contributed by atoms with Crippen LogP contribution in [0.3, 0.4) is 0 Å². The summed E-state index contributed by atoms with van der Waals surface area (Å²) >= 11 is 5.68. The van der Waals surface area contributed by atoms with Gasteiger partial charge in [0.05, 0.1) is 0 Å². The van der Waals surface area contributed by atoms with Crippen LogP contribution in [-0.2, 0) is 4.79 Å². The smallest absolute Gasteiger partial charge is 0.301 e. The Morgan fingerprint density at radius 3 is 3.00 bits per heavy atom. The number of amidine groups is 1. The van der Waals surface area contributed by atoms with Crippen LogP contribution < -0.4 is 5.32 Å². The maximum absolute atomic E-state index is 11.0. The Hall–Kier alpha value is -1.23. The lowest BCUT2D eigenvalue weighted by Gasteiger charge is -2.15. The summed E-state index contributed by atoms with van der Waals surface area (Å²) in [5, 5.41) is 9.74. The normalized spacial score (nSPS) is 27.0. The Kier molecular flexibility index (Phi) is 1.47. The minimum atomic E-state index is -0.548. The zero-order chi connectivity index (χ0) is 8.72. The fourth-order valence-electron chi connectivity index (χ4n) is 1.10. The Morgan fingerprint density at radius 1 is 1.50 bits per heavy atom. The predicted molar refractivity (Wildman–Crippen MR) is 42.8 cm³/mol. The van der Waals surface area contributed by atoms with Gasteiger partial charge in [0, 0.05) is 5.70 Å². The fraction of sp³-hybridized carbons (Fsp3) is 0.333. The number of aliphatic imine (C=N–C) groups is 1. The van der Waals surface area contributed by atoms with Gasteiger partial charge in [-0.2, -0.15) is 0 Å². The van der Waals surface area contributed by atoms with Crippen LogP contribution in [-0.4, -0.2) is 17.4 Å². The zero-order valence-corrected chi connectivity index (χ0v) is 6.96.